The summed E-state index contributed by atoms with van der Waals surface area (Å²) < 4.78 is 0. The molecule has 1 fully saturated rings. The van der Waals surface area contributed by atoms with Crippen LogP contribution in [0.25, 0.3) is 10.8 Å². The number of fused-ring (bicyclic) bond motifs is 1. The topological polar surface area (TPSA) is 108 Å². The van der Waals surface area contributed by atoms with Gasteiger partial charge < -0.3 is 16.0 Å². The highest BCUT2D eigenvalue weighted by molar-refractivity contribution is 6.11. The van der Waals surface area contributed by atoms with E-state index in [4.69, 9.17) is 0 Å². The van der Waals surface area contributed by atoms with Crippen LogP contribution in [0.4, 0.5) is 16.2 Å². The highest BCUT2D eigenvalue weighted by atomic mass is 16.2. The van der Waals surface area contributed by atoms with E-state index in [0.717, 1.165) is 15.7 Å². The monoisotopic (exact) mass is 492 g/mol. The van der Waals surface area contributed by atoms with E-state index in [-0.39, 0.29) is 5.91 Å². The van der Waals surface area contributed by atoms with Crippen molar-refractivity contribution in [2.75, 3.05) is 17.2 Å². The van der Waals surface area contributed by atoms with E-state index < -0.39 is 29.9 Å². The molecule has 4 aromatic rings. The second-order valence-electron chi connectivity index (χ2n) is 8.92. The first kappa shape index (κ1) is 23.7. The molecule has 1 heterocycles. The van der Waals surface area contributed by atoms with E-state index in [2.05, 4.69) is 16.0 Å². The van der Waals surface area contributed by atoms with Gasteiger partial charge in [0.25, 0.3) is 11.8 Å². The van der Waals surface area contributed by atoms with Crippen LogP contribution in [0.5, 0.6) is 0 Å². The summed E-state index contributed by atoms with van der Waals surface area (Å²) >= 11 is 0. The number of nitrogens with one attached hydrogen (secondary N) is 3. The molecule has 0 aliphatic carbocycles. The molecule has 1 aliphatic heterocycles. The Labute approximate surface area is 213 Å². The van der Waals surface area contributed by atoms with Crippen LogP contribution < -0.4 is 16.0 Å². The van der Waals surface area contributed by atoms with Crippen LogP contribution in [-0.4, -0.2) is 35.2 Å². The van der Waals surface area contributed by atoms with Gasteiger partial charge in [0.2, 0.25) is 5.91 Å². The van der Waals surface area contributed by atoms with Gasteiger partial charge in [-0.2, -0.15) is 0 Å². The molecule has 1 aliphatic rings. The molecule has 0 bridgehead atoms. The van der Waals surface area contributed by atoms with Crippen LogP contribution >= 0.6 is 0 Å². The number of hydrogen-bond acceptors (Lipinski definition) is 4. The van der Waals surface area contributed by atoms with Crippen LogP contribution in [0.1, 0.15) is 22.8 Å². The van der Waals surface area contributed by atoms with Gasteiger partial charge in [-0.1, -0.05) is 66.7 Å². The number of rotatable bonds is 6. The number of para-hydroxylation sites is 2. The van der Waals surface area contributed by atoms with Gasteiger partial charge >= 0.3 is 6.03 Å². The van der Waals surface area contributed by atoms with Gasteiger partial charge in [-0.05, 0) is 53.6 Å². The highest BCUT2D eigenvalue weighted by Crippen LogP contribution is 2.31. The van der Waals surface area contributed by atoms with Crippen LogP contribution in [-0.2, 0) is 15.1 Å². The Balaban J connectivity index is 1.30. The highest BCUT2D eigenvalue weighted by Gasteiger charge is 2.49. The van der Waals surface area contributed by atoms with Crippen molar-refractivity contribution < 1.29 is 19.2 Å². The first-order valence-corrected chi connectivity index (χ1v) is 11.7. The molecule has 1 unspecified atom stereocenters. The Morgan fingerprint density at radius 1 is 0.784 bits per heavy atom. The maximum absolute atomic E-state index is 13.3. The predicted octanol–water partition coefficient (Wildman–Crippen LogP) is 4.50. The molecule has 5 rings (SSSR count). The number of carbonyl (C=O) groups is 4. The molecule has 184 valence electrons. The van der Waals surface area contributed by atoms with Crippen molar-refractivity contribution in [2.24, 2.45) is 0 Å². The maximum Gasteiger partial charge on any atom is 0.325 e. The normalized spacial score (nSPS) is 16.9. The third-order valence-electron chi connectivity index (χ3n) is 6.39. The van der Waals surface area contributed by atoms with Gasteiger partial charge in [0.1, 0.15) is 12.1 Å². The molecule has 1 atom stereocenters. The third kappa shape index (κ3) is 4.64. The lowest BCUT2D eigenvalue weighted by molar-refractivity contribution is -0.133. The van der Waals surface area contributed by atoms with Gasteiger partial charge in [0.05, 0.1) is 11.4 Å². The molecule has 4 aromatic carbocycles. The fraction of sp³-hybridized carbons (Fsp3) is 0.103. The summed E-state index contributed by atoms with van der Waals surface area (Å²) in [5.74, 6) is -1.43. The second kappa shape index (κ2) is 9.58. The summed E-state index contributed by atoms with van der Waals surface area (Å²) in [6, 6.07) is 28.0. The molecular formula is C29H24N4O4. The Morgan fingerprint density at radius 2 is 1.41 bits per heavy atom. The number of amides is 5. The summed E-state index contributed by atoms with van der Waals surface area (Å²) in [5, 5.41) is 10.2. The summed E-state index contributed by atoms with van der Waals surface area (Å²) in [7, 11) is 0. The molecule has 0 aromatic heterocycles. The zero-order valence-electron chi connectivity index (χ0n) is 20.0. The van der Waals surface area contributed by atoms with Gasteiger partial charge in [0, 0.05) is 5.56 Å². The molecule has 0 spiro atoms. The van der Waals surface area contributed by atoms with E-state index in [9.17, 15) is 19.2 Å². The van der Waals surface area contributed by atoms with Crippen molar-refractivity contribution in [3.05, 3.63) is 108 Å². The number of urea groups is 1. The first-order chi connectivity index (χ1) is 17.8. The lowest BCUT2D eigenvalue weighted by Gasteiger charge is -2.22. The molecule has 8 nitrogen and oxygen atoms in total. The molecule has 8 heteroatoms. The largest absolute Gasteiger partial charge is 0.325 e. The predicted molar refractivity (Wildman–Crippen MR) is 141 cm³/mol. The quantitative estimate of drug-likeness (QED) is 0.345. The average Bonchev–Trinajstić information content (AvgIpc) is 3.13. The Bertz CT molecular complexity index is 1540. The fourth-order valence-electron chi connectivity index (χ4n) is 4.36. The first-order valence-electron chi connectivity index (χ1n) is 11.7. The van der Waals surface area contributed by atoms with Crippen molar-refractivity contribution >= 4 is 45.9 Å². The van der Waals surface area contributed by atoms with Crippen LogP contribution in [0, 0.1) is 0 Å². The molecule has 5 amide bonds. The minimum absolute atomic E-state index is 0.331. The van der Waals surface area contributed by atoms with Crippen molar-refractivity contribution in [1.82, 2.24) is 10.2 Å². The molecule has 0 radical (unpaired) electrons. The second-order valence-corrected chi connectivity index (χ2v) is 8.92. The number of benzene rings is 4. The Kier molecular flexibility index (Phi) is 6.15. The molecule has 1 saturated heterocycles. The van der Waals surface area contributed by atoms with Crippen LogP contribution in [0.3, 0.4) is 0 Å². The molecule has 3 N–H and O–H groups in total. The Morgan fingerprint density at radius 3 is 2.14 bits per heavy atom. The summed E-state index contributed by atoms with van der Waals surface area (Å²) in [5.41, 5.74) is 0.532. The van der Waals surface area contributed by atoms with E-state index in [1.165, 1.54) is 0 Å². The minimum atomic E-state index is -1.30. The zero-order valence-corrected chi connectivity index (χ0v) is 20.0. The lowest BCUT2D eigenvalue weighted by Crippen LogP contribution is -2.42. The fourth-order valence-corrected chi connectivity index (χ4v) is 4.36. The van der Waals surface area contributed by atoms with Gasteiger partial charge in [-0.3, -0.25) is 19.3 Å². The van der Waals surface area contributed by atoms with E-state index >= 15 is 0 Å². The van der Waals surface area contributed by atoms with Crippen molar-refractivity contribution in [3.8, 4) is 0 Å². The molecule has 0 saturated carbocycles. The SMILES string of the molecule is CC1(c2ccc3ccccc3c2)NC(=O)N(CC(=O)Nc2ccccc2NC(=O)c2ccccc2)C1=O. The smallest absolute Gasteiger partial charge is 0.323 e. The van der Waals surface area contributed by atoms with Crippen molar-refractivity contribution in [1.29, 1.82) is 0 Å². The van der Waals surface area contributed by atoms with Gasteiger partial charge in [-0.25, -0.2) is 4.79 Å². The number of carbonyl (C=O) groups excluding carboxylic acids is 4. The summed E-state index contributed by atoms with van der Waals surface area (Å²) in [6.45, 7) is 1.15. The van der Waals surface area contributed by atoms with Gasteiger partial charge in [0.15, 0.2) is 0 Å². The average molecular weight is 493 g/mol. The lowest BCUT2D eigenvalue weighted by atomic mass is 9.90. The number of hydrogen-bond donors (Lipinski definition) is 3. The van der Waals surface area contributed by atoms with Crippen LogP contribution in [0.15, 0.2) is 97.1 Å². The van der Waals surface area contributed by atoms with Crippen molar-refractivity contribution in [2.45, 2.75) is 12.5 Å². The number of imide groups is 1. The van der Waals surface area contributed by atoms with E-state index in [1.807, 2.05) is 42.5 Å². The zero-order chi connectivity index (χ0) is 26.0. The standard InChI is InChI=1S/C29H24N4O4/c1-29(22-16-15-19-9-5-6-12-21(19)17-22)27(36)33(28(37)32-29)18-25(34)30-23-13-7-8-14-24(23)31-26(35)20-10-3-2-4-11-20/h2-17H,18H2,1H3,(H,30,34)(H,31,35)(H,32,37). The summed E-state index contributed by atoms with van der Waals surface area (Å²) in [6.07, 6.45) is 0. The van der Waals surface area contributed by atoms with E-state index in [0.29, 0.717) is 22.5 Å². The molecular weight excluding hydrogens is 468 g/mol. The maximum atomic E-state index is 13.3. The molecule has 37 heavy (non-hydrogen) atoms. The summed E-state index contributed by atoms with van der Waals surface area (Å²) in [4.78, 5) is 52.5. The van der Waals surface area contributed by atoms with Gasteiger partial charge in [-0.15, -0.1) is 0 Å². The third-order valence-corrected chi connectivity index (χ3v) is 6.39. The number of anilines is 2. The number of nitrogens with zero attached hydrogens (tertiary/aromatic N) is 1. The Hall–Kier alpha value is -4.98. The minimum Gasteiger partial charge on any atom is -0.323 e. The van der Waals surface area contributed by atoms with Crippen LogP contribution in [0.2, 0.25) is 0 Å². The van der Waals surface area contributed by atoms with Crippen molar-refractivity contribution in [3.63, 3.8) is 0 Å². The van der Waals surface area contributed by atoms with E-state index in [1.54, 1.807) is 61.5 Å².